The quantitative estimate of drug-likeness (QED) is 0.556. The van der Waals surface area contributed by atoms with E-state index < -0.39 is 0 Å². The highest BCUT2D eigenvalue weighted by Crippen LogP contribution is 2.27. The molecule has 4 rings (SSSR count). The lowest BCUT2D eigenvalue weighted by molar-refractivity contribution is 1.18. The molecule has 4 aromatic rings. The second kappa shape index (κ2) is 6.38. The largest absolute Gasteiger partial charge is 0.340 e. The van der Waals surface area contributed by atoms with E-state index in [-0.39, 0.29) is 0 Å². The van der Waals surface area contributed by atoms with Gasteiger partial charge in [-0.3, -0.25) is 4.40 Å². The van der Waals surface area contributed by atoms with Gasteiger partial charge in [0.15, 0.2) is 0 Å². The normalized spacial score (nSPS) is 10.7. The molecule has 2 heterocycles. The third-order valence-corrected chi connectivity index (χ3v) is 4.59. The van der Waals surface area contributed by atoms with Gasteiger partial charge in [-0.2, -0.15) is 5.26 Å². The number of benzene rings is 2. The van der Waals surface area contributed by atoms with Gasteiger partial charge in [-0.05, 0) is 60.4 Å². The zero-order chi connectivity index (χ0) is 18.1. The lowest BCUT2D eigenvalue weighted by atomic mass is 10.1. The summed E-state index contributed by atoms with van der Waals surface area (Å²) in [6.45, 7) is 4.20. The molecule has 0 radical (unpaired) electrons. The van der Waals surface area contributed by atoms with Gasteiger partial charge in [-0.25, -0.2) is 4.98 Å². The van der Waals surface area contributed by atoms with Crippen molar-refractivity contribution < 1.29 is 0 Å². The van der Waals surface area contributed by atoms with E-state index >= 15 is 0 Å². The summed E-state index contributed by atoms with van der Waals surface area (Å²) < 4.78 is 2.05. The lowest BCUT2D eigenvalue weighted by Gasteiger charge is -2.12. The van der Waals surface area contributed by atoms with E-state index in [2.05, 4.69) is 59.0 Å². The van der Waals surface area contributed by atoms with E-state index in [0.29, 0.717) is 5.56 Å². The standard InChI is InChI=1S/C22H18N4/c1-15-4-3-5-16(2)22(15)25-21-13-24-20-11-10-19(14-26(20)21)18-8-6-17(12-23)7-9-18/h3-11,13-14,25H,1-2H3. The van der Waals surface area contributed by atoms with E-state index in [4.69, 9.17) is 5.26 Å². The molecule has 2 aromatic carbocycles. The molecule has 0 aliphatic carbocycles. The summed E-state index contributed by atoms with van der Waals surface area (Å²) >= 11 is 0. The second-order valence-corrected chi connectivity index (χ2v) is 6.37. The summed E-state index contributed by atoms with van der Waals surface area (Å²) in [5.41, 5.74) is 7.19. The van der Waals surface area contributed by atoms with E-state index in [9.17, 15) is 0 Å². The number of nitriles is 1. The minimum absolute atomic E-state index is 0.662. The Bertz CT molecular complexity index is 1110. The second-order valence-electron chi connectivity index (χ2n) is 6.37. The number of imidazole rings is 1. The highest BCUT2D eigenvalue weighted by atomic mass is 15.1. The van der Waals surface area contributed by atoms with Crippen LogP contribution in [0.3, 0.4) is 0 Å². The Morgan fingerprint density at radius 2 is 1.62 bits per heavy atom. The predicted molar refractivity (Wildman–Crippen MR) is 105 cm³/mol. The molecular weight excluding hydrogens is 320 g/mol. The topological polar surface area (TPSA) is 53.1 Å². The van der Waals surface area contributed by atoms with Gasteiger partial charge in [-0.1, -0.05) is 30.3 Å². The van der Waals surface area contributed by atoms with Crippen LogP contribution in [0, 0.1) is 25.2 Å². The summed E-state index contributed by atoms with van der Waals surface area (Å²) in [5.74, 6) is 0.924. The molecule has 0 atom stereocenters. The number of nitrogens with one attached hydrogen (secondary N) is 1. The SMILES string of the molecule is Cc1cccc(C)c1Nc1cnc2ccc(-c3ccc(C#N)cc3)cn12. The fraction of sp³-hybridized carbons (Fsp3) is 0.0909. The average Bonchev–Trinajstić information content (AvgIpc) is 3.07. The van der Waals surface area contributed by atoms with Gasteiger partial charge < -0.3 is 5.32 Å². The molecule has 2 aromatic heterocycles. The molecule has 4 heteroatoms. The van der Waals surface area contributed by atoms with Crippen molar-refractivity contribution in [3.05, 3.63) is 83.7 Å². The van der Waals surface area contributed by atoms with Crippen molar-refractivity contribution in [3.63, 3.8) is 0 Å². The zero-order valence-corrected chi connectivity index (χ0v) is 14.7. The molecule has 4 nitrogen and oxygen atoms in total. The Hall–Kier alpha value is -3.58. The molecule has 0 fully saturated rings. The maximum Gasteiger partial charge on any atom is 0.138 e. The number of nitrogens with zero attached hydrogens (tertiary/aromatic N) is 3. The smallest absolute Gasteiger partial charge is 0.138 e. The van der Waals surface area contributed by atoms with Gasteiger partial charge in [0, 0.05) is 11.9 Å². The first kappa shape index (κ1) is 15.9. The van der Waals surface area contributed by atoms with E-state index in [1.165, 1.54) is 11.1 Å². The number of aromatic nitrogens is 2. The van der Waals surface area contributed by atoms with Gasteiger partial charge in [-0.15, -0.1) is 0 Å². The summed E-state index contributed by atoms with van der Waals surface area (Å²) in [5, 5.41) is 12.5. The molecule has 0 aliphatic rings. The van der Waals surface area contributed by atoms with Crippen molar-refractivity contribution in [2.24, 2.45) is 0 Å². The van der Waals surface area contributed by atoms with Gasteiger partial charge in [0.2, 0.25) is 0 Å². The van der Waals surface area contributed by atoms with Gasteiger partial charge in [0.1, 0.15) is 11.5 Å². The van der Waals surface area contributed by atoms with Crippen LogP contribution in [0.15, 0.2) is 67.0 Å². The molecule has 1 N–H and O–H groups in total. The molecule has 0 saturated carbocycles. The molecule has 0 spiro atoms. The number of fused-ring (bicyclic) bond motifs is 1. The van der Waals surface area contributed by atoms with Crippen LogP contribution < -0.4 is 5.32 Å². The highest BCUT2D eigenvalue weighted by Gasteiger charge is 2.08. The number of aryl methyl sites for hydroxylation is 2. The Kier molecular flexibility index (Phi) is 3.91. The summed E-state index contributed by atoms with van der Waals surface area (Å²) in [6.07, 6.45) is 3.92. The summed E-state index contributed by atoms with van der Waals surface area (Å²) in [4.78, 5) is 4.49. The van der Waals surface area contributed by atoms with Gasteiger partial charge >= 0.3 is 0 Å². The monoisotopic (exact) mass is 338 g/mol. The van der Waals surface area contributed by atoms with E-state index in [1.807, 2.05) is 42.6 Å². The van der Waals surface area contributed by atoms with Crippen LogP contribution in [0.2, 0.25) is 0 Å². The van der Waals surface area contributed by atoms with Crippen molar-refractivity contribution >= 4 is 17.2 Å². The van der Waals surface area contributed by atoms with Crippen molar-refractivity contribution in [1.29, 1.82) is 5.26 Å². The van der Waals surface area contributed by atoms with Crippen LogP contribution in [0.1, 0.15) is 16.7 Å². The fourth-order valence-corrected chi connectivity index (χ4v) is 3.12. The predicted octanol–water partition coefficient (Wildman–Crippen LogP) is 5.23. The Morgan fingerprint density at radius 1 is 0.923 bits per heavy atom. The maximum absolute atomic E-state index is 8.96. The van der Waals surface area contributed by atoms with Crippen LogP contribution in [-0.2, 0) is 0 Å². The summed E-state index contributed by atoms with van der Waals surface area (Å²) in [6, 6.07) is 20.1. The number of pyridine rings is 1. The third-order valence-electron chi connectivity index (χ3n) is 4.59. The maximum atomic E-state index is 8.96. The first-order valence-electron chi connectivity index (χ1n) is 8.46. The van der Waals surface area contributed by atoms with Crippen LogP contribution in [0.4, 0.5) is 11.5 Å². The number of rotatable bonds is 3. The highest BCUT2D eigenvalue weighted by molar-refractivity contribution is 5.70. The molecular formula is C22H18N4. The van der Waals surface area contributed by atoms with E-state index in [0.717, 1.165) is 28.3 Å². The molecule has 26 heavy (non-hydrogen) atoms. The molecule has 126 valence electrons. The Balaban J connectivity index is 1.76. The molecule has 0 bridgehead atoms. The Labute approximate surface area is 152 Å². The van der Waals surface area contributed by atoms with Crippen molar-refractivity contribution in [2.45, 2.75) is 13.8 Å². The van der Waals surface area contributed by atoms with Crippen molar-refractivity contribution in [2.75, 3.05) is 5.32 Å². The van der Waals surface area contributed by atoms with Crippen LogP contribution in [0.25, 0.3) is 16.8 Å². The summed E-state index contributed by atoms with van der Waals surface area (Å²) in [7, 11) is 0. The minimum Gasteiger partial charge on any atom is -0.340 e. The molecule has 0 unspecified atom stereocenters. The van der Waals surface area contributed by atoms with E-state index in [1.54, 1.807) is 0 Å². The van der Waals surface area contributed by atoms with Gasteiger partial charge in [0.25, 0.3) is 0 Å². The van der Waals surface area contributed by atoms with Crippen molar-refractivity contribution in [1.82, 2.24) is 9.38 Å². The lowest BCUT2D eigenvalue weighted by Crippen LogP contribution is -1.99. The first-order chi connectivity index (χ1) is 12.7. The number of para-hydroxylation sites is 1. The molecule has 0 amide bonds. The van der Waals surface area contributed by atoms with Crippen LogP contribution in [-0.4, -0.2) is 9.38 Å². The molecule has 0 aliphatic heterocycles. The molecule has 0 saturated heterocycles. The average molecular weight is 338 g/mol. The van der Waals surface area contributed by atoms with Gasteiger partial charge in [0.05, 0.1) is 17.8 Å². The number of hydrogen-bond acceptors (Lipinski definition) is 3. The van der Waals surface area contributed by atoms with Crippen LogP contribution in [0.5, 0.6) is 0 Å². The number of hydrogen-bond donors (Lipinski definition) is 1. The zero-order valence-electron chi connectivity index (χ0n) is 14.7. The van der Waals surface area contributed by atoms with Crippen molar-refractivity contribution in [3.8, 4) is 17.2 Å². The fourth-order valence-electron chi connectivity index (χ4n) is 3.12. The van der Waals surface area contributed by atoms with Crippen LogP contribution >= 0.6 is 0 Å². The minimum atomic E-state index is 0.662. The Morgan fingerprint density at radius 3 is 2.31 bits per heavy atom. The number of anilines is 2. The third kappa shape index (κ3) is 2.80. The first-order valence-corrected chi connectivity index (χ1v) is 8.46.